The molecule has 2 atom stereocenters. The summed E-state index contributed by atoms with van der Waals surface area (Å²) in [5.74, 6) is -4.40. The SMILES string of the molecule is COC(=O)C([Se]c1ccccc1)[C@@H](NC(=O)C(F)(F)F)C(=O)OC(C)(C)C. The average Bonchev–Trinajstić information content (AvgIpc) is 2.55. The number of methoxy groups -OCH3 is 1. The van der Waals surface area contributed by atoms with Crippen LogP contribution in [0.5, 0.6) is 0 Å². The van der Waals surface area contributed by atoms with Crippen molar-refractivity contribution >= 4 is 37.3 Å². The number of alkyl halides is 3. The van der Waals surface area contributed by atoms with E-state index in [-0.39, 0.29) is 0 Å². The van der Waals surface area contributed by atoms with Crippen LogP contribution in [0.4, 0.5) is 13.2 Å². The predicted octanol–water partition coefficient (Wildman–Crippen LogP) is 1.37. The molecule has 0 spiro atoms. The average molecular weight is 454 g/mol. The van der Waals surface area contributed by atoms with Crippen molar-refractivity contribution in [2.45, 2.75) is 43.4 Å². The number of carbonyl (C=O) groups excluding carboxylic acids is 3. The van der Waals surface area contributed by atoms with E-state index in [2.05, 4.69) is 4.74 Å². The normalized spacial score (nSPS) is 14.0. The fourth-order valence-electron chi connectivity index (χ4n) is 1.86. The molecule has 0 saturated carbocycles. The van der Waals surface area contributed by atoms with Gasteiger partial charge in [0.15, 0.2) is 0 Å². The first-order valence-electron chi connectivity index (χ1n) is 7.75. The van der Waals surface area contributed by atoms with Crippen LogP contribution < -0.4 is 9.78 Å². The number of nitrogens with one attached hydrogen (secondary N) is 1. The molecule has 1 amide bonds. The number of amides is 1. The molecule has 1 aromatic carbocycles. The summed E-state index contributed by atoms with van der Waals surface area (Å²) in [7, 11) is 1.05. The number of halogens is 3. The van der Waals surface area contributed by atoms with Gasteiger partial charge in [-0.2, -0.15) is 0 Å². The van der Waals surface area contributed by atoms with Gasteiger partial charge in [0.1, 0.15) is 0 Å². The van der Waals surface area contributed by atoms with Gasteiger partial charge in [0.05, 0.1) is 0 Å². The Morgan fingerprint density at radius 1 is 1.04 bits per heavy atom. The summed E-state index contributed by atoms with van der Waals surface area (Å²) in [5, 5.41) is 1.59. The van der Waals surface area contributed by atoms with Gasteiger partial charge in [-0.25, -0.2) is 0 Å². The second kappa shape index (κ2) is 9.23. The van der Waals surface area contributed by atoms with Crippen molar-refractivity contribution in [1.29, 1.82) is 0 Å². The number of benzene rings is 1. The number of hydrogen-bond donors (Lipinski definition) is 1. The molecule has 0 aliphatic heterocycles. The third-order valence-electron chi connectivity index (χ3n) is 2.95. The summed E-state index contributed by atoms with van der Waals surface area (Å²) < 4.78 is 48.5. The minimum atomic E-state index is -5.22. The van der Waals surface area contributed by atoms with Crippen LogP contribution in [-0.4, -0.2) is 57.7 Å². The maximum atomic E-state index is 12.7. The molecule has 0 aliphatic rings. The van der Waals surface area contributed by atoms with Crippen molar-refractivity contribution in [2.75, 3.05) is 7.11 Å². The molecule has 6 nitrogen and oxygen atoms in total. The summed E-state index contributed by atoms with van der Waals surface area (Å²) in [5.41, 5.74) is -1.03. The van der Waals surface area contributed by atoms with Crippen LogP contribution in [0.25, 0.3) is 0 Å². The summed E-state index contributed by atoms with van der Waals surface area (Å²) in [6.45, 7) is 4.55. The first-order chi connectivity index (χ1) is 12.3. The van der Waals surface area contributed by atoms with Crippen LogP contribution in [0.1, 0.15) is 20.8 Å². The Morgan fingerprint density at radius 2 is 1.59 bits per heavy atom. The Morgan fingerprint density at radius 3 is 2.04 bits per heavy atom. The summed E-state index contributed by atoms with van der Waals surface area (Å²) >= 11 is -0.811. The molecule has 10 heteroatoms. The summed E-state index contributed by atoms with van der Waals surface area (Å²) in [4.78, 5) is 34.8. The van der Waals surface area contributed by atoms with E-state index in [4.69, 9.17) is 4.74 Å². The van der Waals surface area contributed by atoms with Gasteiger partial charge < -0.3 is 0 Å². The van der Waals surface area contributed by atoms with E-state index in [1.807, 2.05) is 0 Å². The number of rotatable bonds is 6. The van der Waals surface area contributed by atoms with Crippen LogP contribution in [0, 0.1) is 0 Å². The van der Waals surface area contributed by atoms with Gasteiger partial charge in [-0.3, -0.25) is 0 Å². The first kappa shape index (κ1) is 23.0. The maximum absolute atomic E-state index is 12.7. The molecule has 0 aromatic heterocycles. The zero-order chi connectivity index (χ0) is 20.8. The quantitative estimate of drug-likeness (QED) is 0.519. The van der Waals surface area contributed by atoms with Crippen molar-refractivity contribution in [2.24, 2.45) is 0 Å². The van der Waals surface area contributed by atoms with Crippen LogP contribution >= 0.6 is 0 Å². The predicted molar refractivity (Wildman–Crippen MR) is 91.4 cm³/mol. The molecule has 0 fully saturated rings. The molecule has 0 radical (unpaired) electrons. The molecule has 1 rings (SSSR count). The van der Waals surface area contributed by atoms with Gasteiger partial charge in [0, 0.05) is 0 Å². The summed E-state index contributed by atoms with van der Waals surface area (Å²) in [6.07, 6.45) is -5.22. The standard InChI is InChI=1S/C17H20F3NO5Se/c1-16(2,3)26-13(22)11(21-15(24)17(18,19)20)12(14(23)25-4)27-10-8-6-5-7-9-10/h5-9,11-12H,1-4H3,(H,21,24)/t11-,12?/m1/s1. The van der Waals surface area contributed by atoms with E-state index in [9.17, 15) is 27.6 Å². The molecular weight excluding hydrogens is 434 g/mol. The minimum absolute atomic E-state index is 0.634. The number of esters is 2. The van der Waals surface area contributed by atoms with Crippen molar-refractivity contribution in [3.8, 4) is 0 Å². The Kier molecular flexibility index (Phi) is 7.86. The molecule has 1 unspecified atom stereocenters. The van der Waals surface area contributed by atoms with Crippen molar-refractivity contribution in [3.05, 3.63) is 30.3 Å². The second-order valence-electron chi connectivity index (χ2n) is 6.36. The molecule has 150 valence electrons. The van der Waals surface area contributed by atoms with Crippen molar-refractivity contribution < 1.29 is 37.0 Å². The number of carbonyl (C=O) groups is 3. The fraction of sp³-hybridized carbons (Fsp3) is 0.471. The van der Waals surface area contributed by atoms with Gasteiger partial charge in [0.25, 0.3) is 0 Å². The van der Waals surface area contributed by atoms with Gasteiger partial charge >= 0.3 is 160 Å². The Balaban J connectivity index is 3.24. The van der Waals surface area contributed by atoms with Gasteiger partial charge in [-0.1, -0.05) is 0 Å². The van der Waals surface area contributed by atoms with E-state index >= 15 is 0 Å². The molecular formula is C17H20F3NO5Se. The molecule has 1 N–H and O–H groups in total. The molecule has 0 saturated heterocycles. The van der Waals surface area contributed by atoms with Crippen molar-refractivity contribution in [3.63, 3.8) is 0 Å². The molecule has 27 heavy (non-hydrogen) atoms. The van der Waals surface area contributed by atoms with E-state index in [1.165, 1.54) is 20.8 Å². The fourth-order valence-corrected chi connectivity index (χ4v) is 4.20. The summed E-state index contributed by atoms with van der Waals surface area (Å²) in [6, 6.07) is 6.57. The van der Waals surface area contributed by atoms with Crippen LogP contribution in [0.3, 0.4) is 0 Å². The Labute approximate surface area is 160 Å². The molecule has 1 aromatic rings. The zero-order valence-corrected chi connectivity index (χ0v) is 16.8. The van der Waals surface area contributed by atoms with Crippen LogP contribution in [-0.2, 0) is 23.9 Å². The number of hydrogen-bond acceptors (Lipinski definition) is 5. The third kappa shape index (κ3) is 7.60. The van der Waals surface area contributed by atoms with E-state index in [0.29, 0.717) is 4.46 Å². The van der Waals surface area contributed by atoms with Gasteiger partial charge in [-0.15, -0.1) is 0 Å². The van der Waals surface area contributed by atoms with E-state index in [0.717, 1.165) is 7.11 Å². The first-order valence-corrected chi connectivity index (χ1v) is 9.60. The van der Waals surface area contributed by atoms with Gasteiger partial charge in [-0.05, 0) is 0 Å². The van der Waals surface area contributed by atoms with E-state index < -0.39 is 55.4 Å². The second-order valence-corrected chi connectivity index (χ2v) is 8.91. The molecule has 0 heterocycles. The Bertz CT molecular complexity index is 673. The van der Waals surface area contributed by atoms with Crippen LogP contribution in [0.2, 0.25) is 4.82 Å². The zero-order valence-electron chi connectivity index (χ0n) is 15.1. The third-order valence-corrected chi connectivity index (χ3v) is 5.60. The monoisotopic (exact) mass is 455 g/mol. The molecule has 0 bridgehead atoms. The van der Waals surface area contributed by atoms with Crippen LogP contribution in [0.15, 0.2) is 30.3 Å². The topological polar surface area (TPSA) is 81.7 Å². The van der Waals surface area contributed by atoms with E-state index in [1.54, 1.807) is 35.6 Å². The number of ether oxygens (including phenoxy) is 2. The molecule has 0 aliphatic carbocycles. The Hall–Kier alpha value is -2.06. The van der Waals surface area contributed by atoms with Gasteiger partial charge in [0.2, 0.25) is 0 Å². The van der Waals surface area contributed by atoms with Crippen molar-refractivity contribution in [1.82, 2.24) is 5.32 Å².